The Labute approximate surface area is 100 Å². The van der Waals surface area contributed by atoms with Crippen LogP contribution in [0.25, 0.3) is 0 Å². The maximum Gasteiger partial charge on any atom is 0.0908 e. The quantitative estimate of drug-likeness (QED) is 0.800. The van der Waals surface area contributed by atoms with E-state index in [2.05, 4.69) is 20.8 Å². The average Bonchev–Trinajstić information content (AvgIpc) is 2.30. The summed E-state index contributed by atoms with van der Waals surface area (Å²) < 4.78 is 5.51. The van der Waals surface area contributed by atoms with E-state index >= 15 is 0 Å². The molecule has 0 bridgehead atoms. The summed E-state index contributed by atoms with van der Waals surface area (Å²) in [5.74, 6) is 1.95. The van der Waals surface area contributed by atoms with E-state index in [1.807, 2.05) is 6.92 Å². The van der Waals surface area contributed by atoms with Crippen molar-refractivity contribution in [2.75, 3.05) is 7.11 Å². The van der Waals surface area contributed by atoms with Gasteiger partial charge in [0.2, 0.25) is 0 Å². The van der Waals surface area contributed by atoms with Gasteiger partial charge in [-0.1, -0.05) is 27.2 Å². The fraction of sp³-hybridized carbons (Fsp3) is 1.00. The second kappa shape index (κ2) is 5.50. The number of methoxy groups -OCH3 is 1. The van der Waals surface area contributed by atoms with Crippen LogP contribution in [-0.2, 0) is 4.74 Å². The van der Waals surface area contributed by atoms with Crippen molar-refractivity contribution in [3.05, 3.63) is 0 Å². The van der Waals surface area contributed by atoms with Gasteiger partial charge >= 0.3 is 0 Å². The van der Waals surface area contributed by atoms with Gasteiger partial charge in [-0.3, -0.25) is 0 Å². The van der Waals surface area contributed by atoms with Crippen LogP contribution >= 0.6 is 0 Å². The number of aliphatic hydroxyl groups is 1. The van der Waals surface area contributed by atoms with Crippen LogP contribution in [0.1, 0.15) is 53.4 Å². The Morgan fingerprint density at radius 1 is 1.31 bits per heavy atom. The summed E-state index contributed by atoms with van der Waals surface area (Å²) in [6.07, 6.45) is 4.07. The van der Waals surface area contributed by atoms with Crippen LogP contribution in [0, 0.1) is 17.8 Å². The first kappa shape index (κ1) is 14.0. The van der Waals surface area contributed by atoms with E-state index in [1.54, 1.807) is 7.11 Å². The molecule has 5 unspecified atom stereocenters. The fourth-order valence-electron chi connectivity index (χ4n) is 2.85. The molecule has 1 rings (SSSR count). The molecule has 0 aromatic rings. The molecular formula is C14H28O2. The third-order valence-electron chi connectivity index (χ3n) is 4.88. The van der Waals surface area contributed by atoms with Crippen molar-refractivity contribution in [3.8, 4) is 0 Å². The SMILES string of the molecule is CCC(C)(OC)C(O)C1CCC(C)C(C)C1. The lowest BCUT2D eigenvalue weighted by atomic mass is 9.70. The van der Waals surface area contributed by atoms with Crippen molar-refractivity contribution >= 4 is 0 Å². The average molecular weight is 228 g/mol. The van der Waals surface area contributed by atoms with E-state index in [0.29, 0.717) is 5.92 Å². The van der Waals surface area contributed by atoms with Crippen molar-refractivity contribution in [3.63, 3.8) is 0 Å². The van der Waals surface area contributed by atoms with E-state index < -0.39 is 0 Å². The topological polar surface area (TPSA) is 29.5 Å². The Morgan fingerprint density at radius 2 is 1.94 bits per heavy atom. The molecule has 16 heavy (non-hydrogen) atoms. The lowest BCUT2D eigenvalue weighted by Crippen LogP contribution is -2.47. The number of ether oxygens (including phenoxy) is 1. The molecule has 0 aromatic heterocycles. The maximum atomic E-state index is 10.5. The van der Waals surface area contributed by atoms with Crippen LogP contribution in [0.15, 0.2) is 0 Å². The van der Waals surface area contributed by atoms with Crippen molar-refractivity contribution in [2.45, 2.75) is 65.1 Å². The summed E-state index contributed by atoms with van der Waals surface area (Å²) in [6.45, 7) is 8.74. The van der Waals surface area contributed by atoms with Gasteiger partial charge in [0.05, 0.1) is 11.7 Å². The van der Waals surface area contributed by atoms with Crippen LogP contribution in [0.4, 0.5) is 0 Å². The molecule has 1 aliphatic carbocycles. The zero-order chi connectivity index (χ0) is 12.3. The summed E-state index contributed by atoms with van der Waals surface area (Å²) in [4.78, 5) is 0. The van der Waals surface area contributed by atoms with Crippen LogP contribution in [0.3, 0.4) is 0 Å². The zero-order valence-electron chi connectivity index (χ0n) is 11.5. The molecule has 1 saturated carbocycles. The Hall–Kier alpha value is -0.0800. The lowest BCUT2D eigenvalue weighted by molar-refractivity contribution is -0.124. The highest BCUT2D eigenvalue weighted by atomic mass is 16.5. The monoisotopic (exact) mass is 228 g/mol. The molecule has 96 valence electrons. The van der Waals surface area contributed by atoms with Crippen LogP contribution in [0.2, 0.25) is 0 Å². The van der Waals surface area contributed by atoms with Gasteiger partial charge in [-0.15, -0.1) is 0 Å². The van der Waals surface area contributed by atoms with Gasteiger partial charge in [-0.2, -0.15) is 0 Å². The normalized spacial score (nSPS) is 36.8. The number of aliphatic hydroxyl groups excluding tert-OH is 1. The zero-order valence-corrected chi connectivity index (χ0v) is 11.5. The molecular weight excluding hydrogens is 200 g/mol. The first-order valence-corrected chi connectivity index (χ1v) is 6.67. The van der Waals surface area contributed by atoms with Gasteiger partial charge in [-0.05, 0) is 43.9 Å². The predicted octanol–water partition coefficient (Wildman–Crippen LogP) is 3.23. The molecule has 1 fully saturated rings. The first-order chi connectivity index (χ1) is 7.44. The van der Waals surface area contributed by atoms with E-state index in [-0.39, 0.29) is 11.7 Å². The highest BCUT2D eigenvalue weighted by Crippen LogP contribution is 2.38. The van der Waals surface area contributed by atoms with Crippen LogP contribution in [-0.4, -0.2) is 23.9 Å². The number of hydrogen-bond donors (Lipinski definition) is 1. The molecule has 0 amide bonds. The van der Waals surface area contributed by atoms with E-state index in [9.17, 15) is 5.11 Å². The highest BCUT2D eigenvalue weighted by molar-refractivity contribution is 4.90. The maximum absolute atomic E-state index is 10.5. The lowest BCUT2D eigenvalue weighted by Gasteiger charge is -2.41. The minimum atomic E-state index is -0.370. The molecule has 1 N–H and O–H groups in total. The molecule has 1 aliphatic rings. The molecule has 0 aromatic carbocycles. The molecule has 0 saturated heterocycles. The van der Waals surface area contributed by atoms with Gasteiger partial charge in [0.25, 0.3) is 0 Å². The summed E-state index contributed by atoms with van der Waals surface area (Å²) in [7, 11) is 1.71. The van der Waals surface area contributed by atoms with Gasteiger partial charge in [0.15, 0.2) is 0 Å². The molecule has 0 spiro atoms. The largest absolute Gasteiger partial charge is 0.390 e. The minimum Gasteiger partial charge on any atom is -0.390 e. The van der Waals surface area contributed by atoms with Crippen LogP contribution in [0.5, 0.6) is 0 Å². The molecule has 2 nitrogen and oxygen atoms in total. The summed E-state index contributed by atoms with van der Waals surface area (Å²) in [5, 5.41) is 10.5. The molecule has 5 atom stereocenters. The second-order valence-electron chi connectivity index (χ2n) is 5.84. The minimum absolute atomic E-state index is 0.322. The van der Waals surface area contributed by atoms with Gasteiger partial charge in [-0.25, -0.2) is 0 Å². The van der Waals surface area contributed by atoms with E-state index in [0.717, 1.165) is 31.1 Å². The van der Waals surface area contributed by atoms with Gasteiger partial charge in [0, 0.05) is 7.11 Å². The number of hydrogen-bond acceptors (Lipinski definition) is 2. The van der Waals surface area contributed by atoms with Crippen molar-refractivity contribution in [2.24, 2.45) is 17.8 Å². The Bertz CT molecular complexity index is 211. The summed E-state index contributed by atoms with van der Waals surface area (Å²) >= 11 is 0. The van der Waals surface area contributed by atoms with Crippen molar-refractivity contribution in [1.29, 1.82) is 0 Å². The highest BCUT2D eigenvalue weighted by Gasteiger charge is 2.39. The molecule has 0 aliphatic heterocycles. The summed E-state index contributed by atoms with van der Waals surface area (Å²) in [6, 6.07) is 0. The standard InChI is InChI=1S/C14H28O2/c1-6-14(4,16-5)13(15)12-8-7-10(2)11(3)9-12/h10-13,15H,6-9H2,1-5H3. The van der Waals surface area contributed by atoms with Crippen molar-refractivity contribution in [1.82, 2.24) is 0 Å². The Kier molecular flexibility index (Phi) is 4.81. The van der Waals surface area contributed by atoms with E-state index in [1.165, 1.54) is 6.42 Å². The third kappa shape index (κ3) is 2.78. The second-order valence-corrected chi connectivity index (χ2v) is 5.84. The fourth-order valence-corrected chi connectivity index (χ4v) is 2.85. The van der Waals surface area contributed by atoms with Gasteiger partial charge in [0.1, 0.15) is 0 Å². The smallest absolute Gasteiger partial charge is 0.0908 e. The third-order valence-corrected chi connectivity index (χ3v) is 4.88. The van der Waals surface area contributed by atoms with Gasteiger partial charge < -0.3 is 9.84 Å². The Balaban J connectivity index is 2.64. The summed E-state index contributed by atoms with van der Waals surface area (Å²) in [5.41, 5.74) is -0.370. The molecule has 2 heteroatoms. The first-order valence-electron chi connectivity index (χ1n) is 6.67. The van der Waals surface area contributed by atoms with Crippen molar-refractivity contribution < 1.29 is 9.84 Å². The Morgan fingerprint density at radius 3 is 2.38 bits per heavy atom. The van der Waals surface area contributed by atoms with E-state index in [4.69, 9.17) is 4.74 Å². The molecule has 0 heterocycles. The predicted molar refractivity (Wildman–Crippen MR) is 67.4 cm³/mol. The van der Waals surface area contributed by atoms with Crippen LogP contribution < -0.4 is 0 Å². The number of rotatable bonds is 4. The molecule has 0 radical (unpaired) electrons.